The first kappa shape index (κ1) is 12.6. The number of hydrogen-bond donors (Lipinski definition) is 2. The summed E-state index contributed by atoms with van der Waals surface area (Å²) in [6.45, 7) is 4.31. The summed E-state index contributed by atoms with van der Waals surface area (Å²) in [4.78, 5) is 11.6. The summed E-state index contributed by atoms with van der Waals surface area (Å²) in [5.41, 5.74) is 4.04. The number of nitrogens with one attached hydrogen (secondary N) is 1. The Morgan fingerprint density at radius 3 is 2.78 bits per heavy atom. The van der Waals surface area contributed by atoms with Gasteiger partial charge in [0.2, 0.25) is 5.91 Å². The first-order chi connectivity index (χ1) is 8.61. The normalized spacial score (nSPS) is 10.8. The second-order valence-electron chi connectivity index (χ2n) is 4.44. The minimum atomic E-state index is -0.107. The molecular formula is C14H17NO3. The first-order valence-corrected chi connectivity index (χ1v) is 5.96. The van der Waals surface area contributed by atoms with Crippen LogP contribution in [0.25, 0.3) is 11.0 Å². The van der Waals surface area contributed by atoms with E-state index in [1.807, 2.05) is 26.0 Å². The van der Waals surface area contributed by atoms with Gasteiger partial charge in [-0.1, -0.05) is 0 Å². The van der Waals surface area contributed by atoms with Gasteiger partial charge < -0.3 is 14.8 Å². The Hall–Kier alpha value is -1.81. The van der Waals surface area contributed by atoms with Crippen molar-refractivity contribution >= 4 is 16.9 Å². The van der Waals surface area contributed by atoms with Crippen LogP contribution in [-0.4, -0.2) is 24.2 Å². The summed E-state index contributed by atoms with van der Waals surface area (Å²) >= 11 is 0. The second kappa shape index (κ2) is 5.23. The molecule has 4 heteroatoms. The molecule has 1 aromatic carbocycles. The lowest BCUT2D eigenvalue weighted by molar-refractivity contribution is -0.120. The maximum Gasteiger partial charge on any atom is 0.224 e. The van der Waals surface area contributed by atoms with Gasteiger partial charge in [0.15, 0.2) is 0 Å². The molecule has 0 aliphatic heterocycles. The summed E-state index contributed by atoms with van der Waals surface area (Å²) in [7, 11) is 0. The molecule has 0 aliphatic carbocycles. The monoisotopic (exact) mass is 247 g/mol. The highest BCUT2D eigenvalue weighted by molar-refractivity contribution is 5.88. The predicted octanol–water partition coefficient (Wildman–Crippen LogP) is 1.70. The average Bonchev–Trinajstić information content (AvgIpc) is 2.70. The van der Waals surface area contributed by atoms with Crippen molar-refractivity contribution in [1.29, 1.82) is 0 Å². The third kappa shape index (κ3) is 2.54. The van der Waals surface area contributed by atoms with Gasteiger partial charge in [-0.05, 0) is 37.1 Å². The number of rotatable bonds is 4. The smallest absolute Gasteiger partial charge is 0.224 e. The number of furan rings is 1. The van der Waals surface area contributed by atoms with Gasteiger partial charge in [0, 0.05) is 17.5 Å². The molecule has 2 rings (SSSR count). The Morgan fingerprint density at radius 1 is 1.33 bits per heavy atom. The minimum Gasteiger partial charge on any atom is -0.464 e. The Kier molecular flexibility index (Phi) is 3.67. The molecule has 2 aromatic rings. The van der Waals surface area contributed by atoms with Crippen molar-refractivity contribution in [3.8, 4) is 0 Å². The van der Waals surface area contributed by atoms with E-state index in [1.54, 1.807) is 6.26 Å². The van der Waals surface area contributed by atoms with Gasteiger partial charge in [0.1, 0.15) is 5.58 Å². The van der Waals surface area contributed by atoms with Gasteiger partial charge in [-0.25, -0.2) is 0 Å². The molecule has 2 N–H and O–H groups in total. The molecule has 0 saturated carbocycles. The van der Waals surface area contributed by atoms with Crippen LogP contribution in [0.4, 0.5) is 0 Å². The maximum absolute atomic E-state index is 11.6. The third-order valence-corrected chi connectivity index (χ3v) is 3.05. The van der Waals surface area contributed by atoms with E-state index in [4.69, 9.17) is 9.52 Å². The SMILES string of the molecule is Cc1cc2occ(CC(=O)NCCO)c2cc1C. The fourth-order valence-corrected chi connectivity index (χ4v) is 1.90. The highest BCUT2D eigenvalue weighted by atomic mass is 16.3. The lowest BCUT2D eigenvalue weighted by Gasteiger charge is -2.03. The Bertz CT molecular complexity index is 572. The van der Waals surface area contributed by atoms with Crippen LogP contribution in [0.2, 0.25) is 0 Å². The van der Waals surface area contributed by atoms with Gasteiger partial charge in [0.25, 0.3) is 0 Å². The summed E-state index contributed by atoms with van der Waals surface area (Å²) in [6, 6.07) is 4.03. The highest BCUT2D eigenvalue weighted by Crippen LogP contribution is 2.25. The molecule has 1 heterocycles. The quantitative estimate of drug-likeness (QED) is 0.864. The van der Waals surface area contributed by atoms with E-state index in [0.29, 0.717) is 0 Å². The Morgan fingerprint density at radius 2 is 2.06 bits per heavy atom. The summed E-state index contributed by atoms with van der Waals surface area (Å²) in [6.07, 6.45) is 1.90. The van der Waals surface area contributed by atoms with Crippen molar-refractivity contribution in [2.24, 2.45) is 0 Å². The first-order valence-electron chi connectivity index (χ1n) is 5.96. The zero-order valence-corrected chi connectivity index (χ0v) is 10.6. The van der Waals surface area contributed by atoms with E-state index in [2.05, 4.69) is 5.32 Å². The summed E-state index contributed by atoms with van der Waals surface area (Å²) in [5.74, 6) is -0.107. The minimum absolute atomic E-state index is 0.0455. The molecule has 0 saturated heterocycles. The van der Waals surface area contributed by atoms with Crippen LogP contribution in [0.5, 0.6) is 0 Å². The topological polar surface area (TPSA) is 62.5 Å². The molecule has 1 amide bonds. The number of carbonyl (C=O) groups excluding carboxylic acids is 1. The van der Waals surface area contributed by atoms with Gasteiger partial charge in [-0.15, -0.1) is 0 Å². The predicted molar refractivity (Wildman–Crippen MR) is 69.5 cm³/mol. The number of aliphatic hydroxyl groups is 1. The number of aryl methyl sites for hydroxylation is 2. The van der Waals surface area contributed by atoms with Gasteiger partial charge in [-0.2, -0.15) is 0 Å². The standard InChI is InChI=1S/C14H17NO3/c1-9-5-12-11(7-14(17)15-3-4-16)8-18-13(12)6-10(9)2/h5-6,8,16H,3-4,7H2,1-2H3,(H,15,17). The van der Waals surface area contributed by atoms with Crippen molar-refractivity contribution < 1.29 is 14.3 Å². The molecule has 0 radical (unpaired) electrons. The summed E-state index contributed by atoms with van der Waals surface area (Å²) in [5, 5.41) is 12.3. The van der Waals surface area contributed by atoms with Gasteiger partial charge >= 0.3 is 0 Å². The van der Waals surface area contributed by atoms with Crippen molar-refractivity contribution in [3.63, 3.8) is 0 Å². The van der Waals surface area contributed by atoms with E-state index < -0.39 is 0 Å². The van der Waals surface area contributed by atoms with Crippen LogP contribution in [-0.2, 0) is 11.2 Å². The number of aliphatic hydroxyl groups excluding tert-OH is 1. The number of benzene rings is 1. The van der Waals surface area contributed by atoms with E-state index in [0.717, 1.165) is 16.5 Å². The third-order valence-electron chi connectivity index (χ3n) is 3.05. The molecule has 0 spiro atoms. The summed E-state index contributed by atoms with van der Waals surface area (Å²) < 4.78 is 5.46. The lowest BCUT2D eigenvalue weighted by atomic mass is 10.0. The molecule has 96 valence electrons. The van der Waals surface area contributed by atoms with Crippen LogP contribution >= 0.6 is 0 Å². The molecule has 4 nitrogen and oxygen atoms in total. The van der Waals surface area contributed by atoms with Crippen LogP contribution < -0.4 is 5.32 Å². The molecule has 0 unspecified atom stereocenters. The van der Waals surface area contributed by atoms with Crippen molar-refractivity contribution in [1.82, 2.24) is 5.32 Å². The molecule has 0 atom stereocenters. The molecule has 18 heavy (non-hydrogen) atoms. The van der Waals surface area contributed by atoms with E-state index >= 15 is 0 Å². The van der Waals surface area contributed by atoms with Crippen molar-refractivity contribution in [3.05, 3.63) is 35.1 Å². The van der Waals surface area contributed by atoms with Crippen LogP contribution in [0, 0.1) is 13.8 Å². The van der Waals surface area contributed by atoms with Crippen LogP contribution in [0.3, 0.4) is 0 Å². The van der Waals surface area contributed by atoms with Crippen molar-refractivity contribution in [2.75, 3.05) is 13.2 Å². The van der Waals surface area contributed by atoms with Crippen molar-refractivity contribution in [2.45, 2.75) is 20.3 Å². The van der Waals surface area contributed by atoms with Crippen LogP contribution in [0.1, 0.15) is 16.7 Å². The van der Waals surface area contributed by atoms with Gasteiger partial charge in [-0.3, -0.25) is 4.79 Å². The molecule has 0 aliphatic rings. The lowest BCUT2D eigenvalue weighted by Crippen LogP contribution is -2.27. The average molecular weight is 247 g/mol. The zero-order valence-electron chi connectivity index (χ0n) is 10.6. The second-order valence-corrected chi connectivity index (χ2v) is 4.44. The fraction of sp³-hybridized carbons (Fsp3) is 0.357. The maximum atomic E-state index is 11.6. The highest BCUT2D eigenvalue weighted by Gasteiger charge is 2.11. The Balaban J connectivity index is 2.24. The van der Waals surface area contributed by atoms with Crippen LogP contribution in [0.15, 0.2) is 22.8 Å². The number of amides is 1. The number of carbonyl (C=O) groups is 1. The molecular weight excluding hydrogens is 230 g/mol. The Labute approximate surface area is 106 Å². The van der Waals surface area contributed by atoms with Gasteiger partial charge in [0.05, 0.1) is 19.3 Å². The van der Waals surface area contributed by atoms with E-state index in [1.165, 1.54) is 11.1 Å². The zero-order chi connectivity index (χ0) is 13.1. The van der Waals surface area contributed by atoms with E-state index in [-0.39, 0.29) is 25.5 Å². The molecule has 0 fully saturated rings. The largest absolute Gasteiger partial charge is 0.464 e. The molecule has 1 aromatic heterocycles. The number of fused-ring (bicyclic) bond motifs is 1. The molecule has 0 bridgehead atoms. The number of hydrogen-bond acceptors (Lipinski definition) is 3. The fourth-order valence-electron chi connectivity index (χ4n) is 1.90. The van der Waals surface area contributed by atoms with E-state index in [9.17, 15) is 4.79 Å².